The maximum absolute atomic E-state index is 9.57. The molecule has 7 atom stereocenters. The molecule has 2 fully saturated rings. The molecule has 0 amide bonds. The maximum Gasteiger partial charge on any atom is 0.186 e. The quantitative estimate of drug-likeness (QED) is 0.490. The fraction of sp³-hybridized carbons (Fsp3) is 0.545. The summed E-state index contributed by atoms with van der Waals surface area (Å²) in [6.45, 7) is 2.62. The Balaban J connectivity index is 0.000000222. The van der Waals surface area contributed by atoms with Crippen LogP contribution in [-0.2, 0) is 18.9 Å². The van der Waals surface area contributed by atoms with Crippen molar-refractivity contribution in [2.24, 2.45) is 0 Å². The van der Waals surface area contributed by atoms with Crippen molar-refractivity contribution in [1.82, 2.24) is 0 Å². The molecule has 2 heterocycles. The van der Waals surface area contributed by atoms with Crippen molar-refractivity contribution in [3.05, 3.63) is 35.9 Å². The molecule has 8 heteroatoms. The van der Waals surface area contributed by atoms with Gasteiger partial charge in [-0.25, -0.2) is 0 Å². The van der Waals surface area contributed by atoms with Gasteiger partial charge >= 0.3 is 0 Å². The minimum Gasteiger partial charge on any atom is -0.394 e. The highest BCUT2D eigenvalue weighted by Crippen LogP contribution is 2.32. The molecular weight excluding hydrogens is 392 g/mol. The molecule has 0 aromatic heterocycles. The molecule has 0 spiro atoms. The predicted octanol–water partition coefficient (Wildman–Crippen LogP) is -0.0515. The van der Waals surface area contributed by atoms with Crippen LogP contribution in [-0.4, -0.2) is 76.1 Å². The van der Waals surface area contributed by atoms with Crippen LogP contribution >= 0.6 is 0 Å². The van der Waals surface area contributed by atoms with Crippen LogP contribution in [0.15, 0.2) is 30.3 Å². The Morgan fingerprint density at radius 2 is 1.47 bits per heavy atom. The first-order chi connectivity index (χ1) is 14.3. The minimum atomic E-state index is -1.04. The summed E-state index contributed by atoms with van der Waals surface area (Å²) >= 11 is 0. The van der Waals surface area contributed by atoms with Crippen LogP contribution in [0.3, 0.4) is 0 Å². The van der Waals surface area contributed by atoms with Gasteiger partial charge in [0.15, 0.2) is 12.1 Å². The van der Waals surface area contributed by atoms with E-state index in [-0.39, 0.29) is 6.61 Å². The standard InChI is InChI=1S/C13H14O4.C9H14O4/c1-2-11-12(10(15)8-14)17-13(16-11)9-6-4-3-5-7-9;1-4-7-8(6(11)5-10)13-9(2,3)12-7/h1,3-7,10-15H,8H2;1,6-8,10-11H,5H2,2-3H3. The molecule has 30 heavy (non-hydrogen) atoms. The van der Waals surface area contributed by atoms with Crippen LogP contribution in [0.1, 0.15) is 25.7 Å². The van der Waals surface area contributed by atoms with Crippen LogP contribution in [0.2, 0.25) is 0 Å². The average molecular weight is 420 g/mol. The first-order valence-corrected chi connectivity index (χ1v) is 9.48. The third kappa shape index (κ3) is 6.02. The molecule has 2 saturated heterocycles. The molecule has 8 nitrogen and oxygen atoms in total. The molecule has 3 rings (SSSR count). The number of hydrogen-bond donors (Lipinski definition) is 4. The van der Waals surface area contributed by atoms with E-state index in [0.29, 0.717) is 0 Å². The van der Waals surface area contributed by atoms with Gasteiger partial charge < -0.3 is 39.4 Å². The highest BCUT2D eigenvalue weighted by Gasteiger charge is 2.43. The molecule has 0 aliphatic carbocycles. The number of aliphatic hydroxyl groups is 4. The highest BCUT2D eigenvalue weighted by atomic mass is 16.8. The lowest BCUT2D eigenvalue weighted by atomic mass is 10.1. The predicted molar refractivity (Wildman–Crippen MR) is 107 cm³/mol. The first-order valence-electron chi connectivity index (χ1n) is 9.48. The lowest BCUT2D eigenvalue weighted by molar-refractivity contribution is -0.155. The van der Waals surface area contributed by atoms with Gasteiger partial charge in [-0.1, -0.05) is 42.2 Å². The Morgan fingerprint density at radius 3 is 2.00 bits per heavy atom. The maximum atomic E-state index is 9.57. The first kappa shape index (κ1) is 24.3. The number of terminal acetylenes is 2. The summed E-state index contributed by atoms with van der Waals surface area (Å²) in [5.74, 6) is 3.98. The normalized spacial score (nSPS) is 31.7. The van der Waals surface area contributed by atoms with E-state index in [1.165, 1.54) is 0 Å². The number of aliphatic hydroxyl groups excluding tert-OH is 4. The molecule has 4 N–H and O–H groups in total. The summed E-state index contributed by atoms with van der Waals surface area (Å²) in [7, 11) is 0. The van der Waals surface area contributed by atoms with Crippen molar-refractivity contribution in [3.63, 3.8) is 0 Å². The molecule has 0 saturated carbocycles. The summed E-state index contributed by atoms with van der Waals surface area (Å²) in [5, 5.41) is 36.5. The van der Waals surface area contributed by atoms with Gasteiger partial charge in [0.25, 0.3) is 0 Å². The Morgan fingerprint density at radius 1 is 0.900 bits per heavy atom. The van der Waals surface area contributed by atoms with Crippen LogP contribution in [0.4, 0.5) is 0 Å². The van der Waals surface area contributed by atoms with Gasteiger partial charge in [0.2, 0.25) is 0 Å². The Kier molecular flexibility index (Phi) is 8.80. The van der Waals surface area contributed by atoms with E-state index >= 15 is 0 Å². The van der Waals surface area contributed by atoms with E-state index in [9.17, 15) is 10.2 Å². The Labute approximate surface area is 176 Å². The van der Waals surface area contributed by atoms with Crippen molar-refractivity contribution in [3.8, 4) is 24.7 Å². The lowest BCUT2D eigenvalue weighted by Gasteiger charge is -2.18. The van der Waals surface area contributed by atoms with Gasteiger partial charge in [-0.2, -0.15) is 0 Å². The van der Waals surface area contributed by atoms with Gasteiger partial charge in [0.05, 0.1) is 13.2 Å². The topological polar surface area (TPSA) is 118 Å². The monoisotopic (exact) mass is 420 g/mol. The second-order valence-corrected chi connectivity index (χ2v) is 7.25. The van der Waals surface area contributed by atoms with Gasteiger partial charge in [-0.3, -0.25) is 0 Å². The van der Waals surface area contributed by atoms with Crippen molar-refractivity contribution < 1.29 is 39.4 Å². The summed E-state index contributed by atoms with van der Waals surface area (Å²) in [4.78, 5) is 0. The Bertz CT molecular complexity index is 738. The molecule has 0 bridgehead atoms. The number of hydrogen-bond acceptors (Lipinski definition) is 8. The summed E-state index contributed by atoms with van der Waals surface area (Å²) in [6.07, 6.45) is 5.27. The second kappa shape index (κ2) is 10.9. The zero-order valence-corrected chi connectivity index (χ0v) is 16.9. The van der Waals surface area contributed by atoms with E-state index < -0.39 is 55.3 Å². The van der Waals surface area contributed by atoms with Gasteiger partial charge in [-0.05, 0) is 13.8 Å². The highest BCUT2D eigenvalue weighted by molar-refractivity contribution is 5.18. The molecule has 1 aromatic carbocycles. The summed E-state index contributed by atoms with van der Waals surface area (Å²) in [5.41, 5.74) is 0.834. The van der Waals surface area contributed by atoms with E-state index in [1.807, 2.05) is 30.3 Å². The van der Waals surface area contributed by atoms with E-state index in [0.717, 1.165) is 5.56 Å². The minimum absolute atomic E-state index is 0.387. The molecule has 0 radical (unpaired) electrons. The number of rotatable bonds is 5. The molecule has 2 aliphatic rings. The zero-order chi connectivity index (χ0) is 22.3. The van der Waals surface area contributed by atoms with Crippen molar-refractivity contribution in [2.75, 3.05) is 13.2 Å². The van der Waals surface area contributed by atoms with Crippen LogP contribution < -0.4 is 0 Å². The molecule has 2 aliphatic heterocycles. The second-order valence-electron chi connectivity index (χ2n) is 7.25. The van der Waals surface area contributed by atoms with Gasteiger partial charge in [0, 0.05) is 5.56 Å². The van der Waals surface area contributed by atoms with Crippen molar-refractivity contribution >= 4 is 0 Å². The number of benzene rings is 1. The summed E-state index contributed by atoms with van der Waals surface area (Å²) < 4.78 is 21.7. The smallest absolute Gasteiger partial charge is 0.186 e. The molecular formula is C22H28O8. The van der Waals surface area contributed by atoms with Crippen molar-refractivity contribution in [1.29, 1.82) is 0 Å². The largest absolute Gasteiger partial charge is 0.394 e. The third-order valence-electron chi connectivity index (χ3n) is 4.51. The molecule has 1 aromatic rings. The fourth-order valence-corrected chi connectivity index (χ4v) is 3.06. The van der Waals surface area contributed by atoms with Gasteiger partial charge in [-0.15, -0.1) is 12.8 Å². The molecule has 7 unspecified atom stereocenters. The van der Waals surface area contributed by atoms with Crippen LogP contribution in [0.25, 0.3) is 0 Å². The SMILES string of the molecule is C#CC1OC(C)(C)OC1C(O)CO.C#CC1OC(c2ccccc2)OC1C(O)CO. The lowest BCUT2D eigenvalue weighted by Crippen LogP contribution is -2.37. The number of ether oxygens (including phenoxy) is 4. The zero-order valence-electron chi connectivity index (χ0n) is 16.9. The van der Waals surface area contributed by atoms with E-state index in [2.05, 4.69) is 11.8 Å². The van der Waals surface area contributed by atoms with Crippen molar-refractivity contribution in [2.45, 2.75) is 62.5 Å². The third-order valence-corrected chi connectivity index (χ3v) is 4.51. The molecule has 164 valence electrons. The van der Waals surface area contributed by atoms with Gasteiger partial charge in [0.1, 0.15) is 36.6 Å². The summed E-state index contributed by atoms with van der Waals surface area (Å²) in [6, 6.07) is 9.32. The van der Waals surface area contributed by atoms with E-state index in [1.54, 1.807) is 13.8 Å². The van der Waals surface area contributed by atoms with Crippen LogP contribution in [0.5, 0.6) is 0 Å². The van der Waals surface area contributed by atoms with E-state index in [4.69, 9.17) is 42.0 Å². The Hall–Kier alpha value is -1.98. The average Bonchev–Trinajstić information content (AvgIpc) is 3.34. The van der Waals surface area contributed by atoms with Crippen LogP contribution in [0, 0.1) is 24.7 Å². The fourth-order valence-electron chi connectivity index (χ4n) is 3.06.